The zero-order valence-electron chi connectivity index (χ0n) is 13.8. The van der Waals surface area contributed by atoms with Crippen LogP contribution in [0, 0.1) is 13.8 Å². The van der Waals surface area contributed by atoms with Crippen LogP contribution in [0.2, 0.25) is 0 Å². The third-order valence-electron chi connectivity index (χ3n) is 4.00. The van der Waals surface area contributed by atoms with Crippen molar-refractivity contribution in [2.75, 3.05) is 20.3 Å². The maximum Gasteiger partial charge on any atom is 0.0740 e. The van der Waals surface area contributed by atoms with Gasteiger partial charge in [-0.1, -0.05) is 26.0 Å². The predicted molar refractivity (Wildman–Crippen MR) is 88.9 cm³/mol. The van der Waals surface area contributed by atoms with Crippen molar-refractivity contribution in [1.82, 2.24) is 10.3 Å². The molecule has 0 spiro atoms. The standard InChI is InChI=1S/C18H26N2O/c1-12(2)17-10-15(11-19-8-9-21-5)16-7-6-13(3)14(4)18(16)20-17/h6-7,10,12,19H,8-9,11H2,1-5H3. The van der Waals surface area contributed by atoms with Crippen molar-refractivity contribution in [3.8, 4) is 0 Å². The highest BCUT2D eigenvalue weighted by Gasteiger charge is 2.11. The fourth-order valence-electron chi connectivity index (χ4n) is 2.46. The van der Waals surface area contributed by atoms with E-state index in [1.54, 1.807) is 7.11 Å². The number of aromatic nitrogens is 1. The normalized spacial score (nSPS) is 11.5. The van der Waals surface area contributed by atoms with Gasteiger partial charge in [-0.25, -0.2) is 0 Å². The first kappa shape index (κ1) is 15.9. The van der Waals surface area contributed by atoms with E-state index in [9.17, 15) is 0 Å². The van der Waals surface area contributed by atoms with Crippen molar-refractivity contribution >= 4 is 10.9 Å². The van der Waals surface area contributed by atoms with Gasteiger partial charge in [0.05, 0.1) is 12.1 Å². The first-order chi connectivity index (χ1) is 10.0. The lowest BCUT2D eigenvalue weighted by Gasteiger charge is -2.15. The third kappa shape index (κ3) is 3.60. The van der Waals surface area contributed by atoms with Crippen LogP contribution in [0.5, 0.6) is 0 Å². The fourth-order valence-corrected chi connectivity index (χ4v) is 2.46. The number of hydrogen-bond acceptors (Lipinski definition) is 3. The van der Waals surface area contributed by atoms with Crippen LogP contribution in [0.25, 0.3) is 10.9 Å². The molecule has 3 nitrogen and oxygen atoms in total. The summed E-state index contributed by atoms with van der Waals surface area (Å²) in [6.07, 6.45) is 0. The zero-order chi connectivity index (χ0) is 15.4. The molecule has 2 rings (SSSR count). The van der Waals surface area contributed by atoms with E-state index in [0.717, 1.165) is 25.2 Å². The van der Waals surface area contributed by atoms with Crippen LogP contribution in [0.3, 0.4) is 0 Å². The quantitative estimate of drug-likeness (QED) is 0.822. The number of fused-ring (bicyclic) bond motifs is 1. The van der Waals surface area contributed by atoms with Gasteiger partial charge in [0.2, 0.25) is 0 Å². The molecule has 3 heteroatoms. The molecule has 0 aliphatic heterocycles. The van der Waals surface area contributed by atoms with Gasteiger partial charge in [0.25, 0.3) is 0 Å². The van der Waals surface area contributed by atoms with E-state index < -0.39 is 0 Å². The smallest absolute Gasteiger partial charge is 0.0740 e. The van der Waals surface area contributed by atoms with Gasteiger partial charge in [0.1, 0.15) is 0 Å². The zero-order valence-corrected chi connectivity index (χ0v) is 13.8. The Morgan fingerprint density at radius 2 is 2.00 bits per heavy atom. The number of aryl methyl sites for hydroxylation is 2. The first-order valence-corrected chi connectivity index (χ1v) is 7.64. The lowest BCUT2D eigenvalue weighted by atomic mass is 9.98. The second kappa shape index (κ2) is 7.01. The van der Waals surface area contributed by atoms with Gasteiger partial charge in [-0.2, -0.15) is 0 Å². The molecular weight excluding hydrogens is 260 g/mol. The maximum atomic E-state index is 5.09. The molecule has 114 valence electrons. The average Bonchev–Trinajstić information content (AvgIpc) is 2.47. The number of methoxy groups -OCH3 is 1. The molecule has 0 aliphatic rings. The van der Waals surface area contributed by atoms with E-state index >= 15 is 0 Å². The highest BCUT2D eigenvalue weighted by Crippen LogP contribution is 2.26. The monoisotopic (exact) mass is 286 g/mol. The summed E-state index contributed by atoms with van der Waals surface area (Å²) in [6.45, 7) is 11.2. The van der Waals surface area contributed by atoms with Crippen LogP contribution >= 0.6 is 0 Å². The van der Waals surface area contributed by atoms with Gasteiger partial charge >= 0.3 is 0 Å². The summed E-state index contributed by atoms with van der Waals surface area (Å²) in [5, 5.41) is 4.70. The molecule has 0 saturated carbocycles. The Labute approximate surface area is 127 Å². The van der Waals surface area contributed by atoms with Crippen molar-refractivity contribution in [1.29, 1.82) is 0 Å². The Kier molecular flexibility index (Phi) is 5.32. The van der Waals surface area contributed by atoms with E-state index in [2.05, 4.69) is 51.2 Å². The molecule has 0 amide bonds. The molecular formula is C18H26N2O. The van der Waals surface area contributed by atoms with Crippen LogP contribution in [0.15, 0.2) is 18.2 Å². The second-order valence-electron chi connectivity index (χ2n) is 5.93. The molecule has 1 heterocycles. The molecule has 0 bridgehead atoms. The van der Waals surface area contributed by atoms with E-state index in [0.29, 0.717) is 5.92 Å². The van der Waals surface area contributed by atoms with E-state index in [1.165, 1.54) is 27.8 Å². The van der Waals surface area contributed by atoms with Gasteiger partial charge in [0.15, 0.2) is 0 Å². The summed E-state index contributed by atoms with van der Waals surface area (Å²) < 4.78 is 5.09. The Hall–Kier alpha value is -1.45. The van der Waals surface area contributed by atoms with Gasteiger partial charge in [-0.05, 0) is 42.5 Å². The molecule has 1 aromatic heterocycles. The van der Waals surface area contributed by atoms with Gasteiger partial charge in [-0.15, -0.1) is 0 Å². The molecule has 21 heavy (non-hydrogen) atoms. The number of pyridine rings is 1. The molecule has 0 fully saturated rings. The lowest BCUT2D eigenvalue weighted by Crippen LogP contribution is -2.19. The average molecular weight is 286 g/mol. The van der Waals surface area contributed by atoms with E-state index in [4.69, 9.17) is 9.72 Å². The Morgan fingerprint density at radius 3 is 2.67 bits per heavy atom. The molecule has 2 aromatic rings. The molecule has 0 saturated heterocycles. The highest BCUT2D eigenvalue weighted by molar-refractivity contribution is 5.86. The number of nitrogens with zero attached hydrogens (tertiary/aromatic N) is 1. The number of ether oxygens (including phenoxy) is 1. The SMILES string of the molecule is COCCNCc1cc(C(C)C)nc2c(C)c(C)ccc12. The maximum absolute atomic E-state index is 5.09. The summed E-state index contributed by atoms with van der Waals surface area (Å²) in [6, 6.07) is 6.62. The van der Waals surface area contributed by atoms with Crippen LogP contribution in [-0.2, 0) is 11.3 Å². The highest BCUT2D eigenvalue weighted by atomic mass is 16.5. The third-order valence-corrected chi connectivity index (χ3v) is 4.00. The van der Waals surface area contributed by atoms with Crippen molar-refractivity contribution in [3.05, 3.63) is 40.6 Å². The Morgan fingerprint density at radius 1 is 1.24 bits per heavy atom. The number of benzene rings is 1. The van der Waals surface area contributed by atoms with E-state index in [-0.39, 0.29) is 0 Å². The summed E-state index contributed by atoms with van der Waals surface area (Å²) in [7, 11) is 1.73. The molecule has 1 aromatic carbocycles. The molecule has 0 atom stereocenters. The lowest BCUT2D eigenvalue weighted by molar-refractivity contribution is 0.199. The topological polar surface area (TPSA) is 34.1 Å². The van der Waals surface area contributed by atoms with Crippen molar-refractivity contribution in [2.45, 2.75) is 40.2 Å². The number of hydrogen-bond donors (Lipinski definition) is 1. The molecule has 0 radical (unpaired) electrons. The summed E-state index contributed by atoms with van der Waals surface area (Å²) >= 11 is 0. The molecule has 0 aliphatic carbocycles. The first-order valence-electron chi connectivity index (χ1n) is 7.64. The van der Waals surface area contributed by atoms with Gasteiger partial charge < -0.3 is 10.1 Å². The van der Waals surface area contributed by atoms with Crippen LogP contribution in [0.1, 0.15) is 42.1 Å². The Balaban J connectivity index is 2.44. The second-order valence-corrected chi connectivity index (χ2v) is 5.93. The minimum Gasteiger partial charge on any atom is -0.383 e. The number of nitrogens with one attached hydrogen (secondary N) is 1. The van der Waals surface area contributed by atoms with Crippen molar-refractivity contribution in [3.63, 3.8) is 0 Å². The summed E-state index contributed by atoms with van der Waals surface area (Å²) in [4.78, 5) is 4.89. The van der Waals surface area contributed by atoms with Crippen LogP contribution in [-0.4, -0.2) is 25.2 Å². The van der Waals surface area contributed by atoms with Gasteiger partial charge in [-0.3, -0.25) is 4.98 Å². The number of rotatable bonds is 6. The molecule has 0 unspecified atom stereocenters. The minimum absolute atomic E-state index is 0.437. The Bertz CT molecular complexity index is 620. The van der Waals surface area contributed by atoms with Crippen molar-refractivity contribution < 1.29 is 4.74 Å². The van der Waals surface area contributed by atoms with Crippen LogP contribution in [0.4, 0.5) is 0 Å². The van der Waals surface area contributed by atoms with Crippen molar-refractivity contribution in [2.24, 2.45) is 0 Å². The predicted octanol–water partition coefficient (Wildman–Crippen LogP) is 3.71. The largest absolute Gasteiger partial charge is 0.383 e. The van der Waals surface area contributed by atoms with Crippen LogP contribution < -0.4 is 5.32 Å². The summed E-state index contributed by atoms with van der Waals surface area (Å²) in [5.41, 5.74) is 6.22. The van der Waals surface area contributed by atoms with Gasteiger partial charge in [0, 0.05) is 31.3 Å². The van der Waals surface area contributed by atoms with E-state index in [1.807, 2.05) is 0 Å². The minimum atomic E-state index is 0.437. The summed E-state index contributed by atoms with van der Waals surface area (Å²) in [5.74, 6) is 0.437. The molecule has 1 N–H and O–H groups in total. The fraction of sp³-hybridized carbons (Fsp3) is 0.500.